The average molecular weight is 357 g/mol. The lowest BCUT2D eigenvalue weighted by Crippen LogP contribution is -2.20. The molecule has 2 amide bonds. The van der Waals surface area contributed by atoms with E-state index in [1.165, 1.54) is 18.2 Å². The summed E-state index contributed by atoms with van der Waals surface area (Å²) in [4.78, 5) is 14.7. The Balaban J connectivity index is 2.24. The van der Waals surface area contributed by atoms with E-state index in [-0.39, 0.29) is 10.6 Å². The first-order chi connectivity index (χ1) is 10.9. The van der Waals surface area contributed by atoms with Gasteiger partial charge in [0.15, 0.2) is 12.4 Å². The first-order valence-corrected chi connectivity index (χ1v) is 8.96. The van der Waals surface area contributed by atoms with Crippen LogP contribution in [0, 0.1) is 0 Å². The molecule has 0 saturated heterocycles. The number of nitrogens with one attached hydrogen (secondary N) is 3. The van der Waals surface area contributed by atoms with Gasteiger partial charge < -0.3 is 15.4 Å². The van der Waals surface area contributed by atoms with Crippen LogP contribution in [0.3, 0.4) is 0 Å². The number of amides is 2. The minimum Gasteiger partial charge on any atom is -0.492 e. The van der Waals surface area contributed by atoms with Crippen molar-refractivity contribution in [3.8, 4) is 5.75 Å². The zero-order valence-corrected chi connectivity index (χ0v) is 13.7. The highest BCUT2D eigenvalue weighted by Crippen LogP contribution is 2.29. The van der Waals surface area contributed by atoms with Gasteiger partial charge in [-0.2, -0.15) is 0 Å². The van der Waals surface area contributed by atoms with Gasteiger partial charge in [-0.25, -0.2) is 18.2 Å². The van der Waals surface area contributed by atoms with Gasteiger partial charge in [0, 0.05) is 22.8 Å². The number of aromatic amines is 1. The van der Waals surface area contributed by atoms with Crippen molar-refractivity contribution in [2.24, 2.45) is 0 Å². The smallest absolute Gasteiger partial charge is 0.323 e. The largest absolute Gasteiger partial charge is 0.492 e. The molecule has 0 unspecified atom stereocenters. The molecule has 0 radical (unpaired) electrons. The van der Waals surface area contributed by atoms with Crippen molar-refractivity contribution in [1.82, 2.24) is 0 Å². The van der Waals surface area contributed by atoms with Crippen LogP contribution < -0.4 is 20.4 Å². The Morgan fingerprint density at radius 3 is 2.52 bits per heavy atom. The Bertz CT molecular complexity index is 797. The fourth-order valence-corrected chi connectivity index (χ4v) is 2.57. The van der Waals surface area contributed by atoms with Crippen molar-refractivity contribution in [1.29, 1.82) is 0 Å². The fourth-order valence-electron chi connectivity index (χ4n) is 1.79. The van der Waals surface area contributed by atoms with E-state index in [9.17, 15) is 13.2 Å². The summed E-state index contributed by atoms with van der Waals surface area (Å²) >= 11 is 0. The van der Waals surface area contributed by atoms with Gasteiger partial charge in [0.2, 0.25) is 0 Å². The first kappa shape index (κ1) is 17.0. The summed E-state index contributed by atoms with van der Waals surface area (Å²) in [6, 6.07) is 6.79. The number of ether oxygens (including phenoxy) is 1. The summed E-state index contributed by atoms with van der Waals surface area (Å²) in [5, 5.41) is 5.16. The monoisotopic (exact) mass is 356 g/mol. The number of aromatic nitrogens is 1. The van der Waals surface area contributed by atoms with Crippen LogP contribution in [-0.2, 0) is 9.05 Å². The van der Waals surface area contributed by atoms with Gasteiger partial charge in [0.25, 0.3) is 9.05 Å². The number of H-pyrrole nitrogens is 1. The maximum absolute atomic E-state index is 12.0. The number of rotatable bonds is 5. The Morgan fingerprint density at radius 1 is 1.22 bits per heavy atom. The van der Waals surface area contributed by atoms with Crippen LogP contribution in [-0.4, -0.2) is 21.1 Å². The van der Waals surface area contributed by atoms with Crippen molar-refractivity contribution < 1.29 is 22.9 Å². The van der Waals surface area contributed by atoms with E-state index in [0.29, 0.717) is 18.0 Å². The number of carbonyl (C=O) groups excluding carboxylic acids is 1. The number of pyridine rings is 1. The molecule has 3 N–H and O–H groups in total. The minimum atomic E-state index is -3.91. The van der Waals surface area contributed by atoms with Crippen molar-refractivity contribution in [3.05, 3.63) is 42.7 Å². The zero-order chi connectivity index (χ0) is 16.9. The lowest BCUT2D eigenvalue weighted by Gasteiger charge is -2.13. The molecule has 1 aromatic heterocycles. The second-order valence-electron chi connectivity index (χ2n) is 4.40. The van der Waals surface area contributed by atoms with E-state index in [1.807, 2.05) is 0 Å². The van der Waals surface area contributed by atoms with Gasteiger partial charge in [-0.15, -0.1) is 0 Å². The lowest BCUT2D eigenvalue weighted by atomic mass is 10.3. The summed E-state index contributed by atoms with van der Waals surface area (Å²) in [6.45, 7) is 2.13. The Labute approximate surface area is 138 Å². The Hall–Kier alpha value is -2.32. The van der Waals surface area contributed by atoms with Crippen molar-refractivity contribution in [2.75, 3.05) is 17.2 Å². The molecule has 0 bridgehead atoms. The van der Waals surface area contributed by atoms with E-state index >= 15 is 0 Å². The summed E-state index contributed by atoms with van der Waals surface area (Å²) in [5.74, 6) is 0.341. The van der Waals surface area contributed by atoms with E-state index in [1.54, 1.807) is 31.5 Å². The van der Waals surface area contributed by atoms with E-state index in [4.69, 9.17) is 15.4 Å². The molecule has 1 aromatic carbocycles. The molecule has 0 saturated carbocycles. The van der Waals surface area contributed by atoms with Gasteiger partial charge in [0.1, 0.15) is 5.75 Å². The topological polar surface area (TPSA) is 98.6 Å². The van der Waals surface area contributed by atoms with E-state index < -0.39 is 15.1 Å². The highest BCUT2D eigenvalue weighted by Gasteiger charge is 2.15. The van der Waals surface area contributed by atoms with Crippen LogP contribution in [0.1, 0.15) is 6.92 Å². The average Bonchev–Trinajstić information content (AvgIpc) is 2.49. The summed E-state index contributed by atoms with van der Waals surface area (Å²) in [7, 11) is 1.41. The molecule has 0 fully saturated rings. The number of benzene rings is 1. The highest BCUT2D eigenvalue weighted by atomic mass is 35.7. The summed E-state index contributed by atoms with van der Waals surface area (Å²) in [6.07, 6.45) is 3.31. The second kappa shape index (κ2) is 7.30. The van der Waals surface area contributed by atoms with Crippen LogP contribution >= 0.6 is 10.7 Å². The molecule has 0 aliphatic heterocycles. The molecule has 7 nitrogen and oxygen atoms in total. The molecule has 122 valence electrons. The first-order valence-electron chi connectivity index (χ1n) is 6.66. The van der Waals surface area contributed by atoms with Gasteiger partial charge in [-0.3, -0.25) is 0 Å². The normalized spacial score (nSPS) is 10.9. The summed E-state index contributed by atoms with van der Waals surface area (Å²) < 4.78 is 28.2. The molecule has 9 heteroatoms. The second-order valence-corrected chi connectivity index (χ2v) is 6.96. The van der Waals surface area contributed by atoms with Crippen molar-refractivity contribution in [2.45, 2.75) is 11.8 Å². The third-order valence-electron chi connectivity index (χ3n) is 2.76. The van der Waals surface area contributed by atoms with Crippen molar-refractivity contribution in [3.63, 3.8) is 0 Å². The molecule has 2 aromatic rings. The van der Waals surface area contributed by atoms with Crippen LogP contribution in [0.25, 0.3) is 0 Å². The highest BCUT2D eigenvalue weighted by molar-refractivity contribution is 8.13. The number of urea groups is 1. The Kier molecular flexibility index (Phi) is 5.41. The number of hydrogen-bond acceptors (Lipinski definition) is 4. The SMILES string of the molecule is CCOc1ccc(S(=O)(=O)Cl)cc1NC(=O)Nc1cc[nH+]cc1. The number of carbonyl (C=O) groups is 1. The molecule has 0 spiro atoms. The molecule has 2 rings (SSSR count). The van der Waals surface area contributed by atoms with Gasteiger partial charge in [-0.1, -0.05) is 0 Å². The fraction of sp³-hybridized carbons (Fsp3) is 0.143. The molecule has 0 atom stereocenters. The zero-order valence-electron chi connectivity index (χ0n) is 12.2. The molecule has 0 aliphatic carbocycles. The maximum atomic E-state index is 12.0. The van der Waals surface area contributed by atoms with E-state index in [2.05, 4.69) is 15.6 Å². The van der Waals surface area contributed by atoms with Gasteiger partial charge in [0.05, 0.1) is 22.9 Å². The number of anilines is 2. The number of halogens is 1. The van der Waals surface area contributed by atoms with Crippen LogP contribution in [0.2, 0.25) is 0 Å². The third kappa shape index (κ3) is 4.83. The molecule has 23 heavy (non-hydrogen) atoms. The van der Waals surface area contributed by atoms with Gasteiger partial charge >= 0.3 is 6.03 Å². The van der Waals surface area contributed by atoms with Crippen LogP contribution in [0.5, 0.6) is 5.75 Å². The molecular weight excluding hydrogens is 342 g/mol. The standard InChI is InChI=1S/C14H14ClN3O4S/c1-2-22-13-4-3-11(23(15,20)21)9-12(13)18-14(19)17-10-5-7-16-8-6-10/h3-9H,2H2,1H3,(H2,16,17,18,19)/p+1. The summed E-state index contributed by atoms with van der Waals surface area (Å²) in [5.41, 5.74) is 0.772. The maximum Gasteiger partial charge on any atom is 0.323 e. The lowest BCUT2D eigenvalue weighted by molar-refractivity contribution is -0.377. The number of hydrogen-bond donors (Lipinski definition) is 2. The predicted octanol–water partition coefficient (Wildman–Crippen LogP) is 2.47. The molecular formula is C14H15ClN3O4S+. The minimum absolute atomic E-state index is 0.132. The quantitative estimate of drug-likeness (QED) is 0.804. The van der Waals surface area contributed by atoms with Crippen LogP contribution in [0.15, 0.2) is 47.6 Å². The van der Waals surface area contributed by atoms with Crippen LogP contribution in [0.4, 0.5) is 16.2 Å². The molecule has 0 aliphatic rings. The van der Waals surface area contributed by atoms with Crippen molar-refractivity contribution >= 4 is 37.1 Å². The molecule has 1 heterocycles. The van der Waals surface area contributed by atoms with E-state index in [0.717, 1.165) is 0 Å². The van der Waals surface area contributed by atoms with Gasteiger partial charge in [-0.05, 0) is 25.1 Å². The Morgan fingerprint density at radius 2 is 1.91 bits per heavy atom. The predicted molar refractivity (Wildman–Crippen MR) is 86.3 cm³/mol. The third-order valence-corrected chi connectivity index (χ3v) is 4.11.